The second-order valence-electron chi connectivity index (χ2n) is 3.81. The molecule has 0 spiro atoms. The topological polar surface area (TPSA) is 56.7 Å². The van der Waals surface area contributed by atoms with Crippen molar-refractivity contribution in [2.45, 2.75) is 19.8 Å². The van der Waals surface area contributed by atoms with E-state index in [1.54, 1.807) is 12.4 Å². The van der Waals surface area contributed by atoms with E-state index >= 15 is 0 Å². The third kappa shape index (κ3) is 1.23. The van der Waals surface area contributed by atoms with Crippen molar-refractivity contribution in [2.75, 3.05) is 5.73 Å². The van der Waals surface area contributed by atoms with Crippen molar-refractivity contribution in [3.05, 3.63) is 18.1 Å². The largest absolute Gasteiger partial charge is 0.384 e. The number of aromatic nitrogens is 3. The normalized spacial score (nSPS) is 11.4. The maximum Gasteiger partial charge on any atom is 0.125 e. The van der Waals surface area contributed by atoms with Crippen LogP contribution in [-0.2, 0) is 7.05 Å². The number of fused-ring (bicyclic) bond motifs is 1. The molecule has 4 heteroatoms. The Balaban J connectivity index is 2.83. The maximum absolute atomic E-state index is 5.71. The lowest BCUT2D eigenvalue weighted by atomic mass is 10.1. The SMILES string of the molecule is CC(C)c1nc(N)cc2ncn(C)c12. The lowest BCUT2D eigenvalue weighted by Gasteiger charge is -2.08. The first kappa shape index (κ1) is 8.99. The van der Waals surface area contributed by atoms with Gasteiger partial charge in [0.05, 0.1) is 23.1 Å². The third-order valence-corrected chi connectivity index (χ3v) is 2.29. The van der Waals surface area contributed by atoms with Crippen molar-refractivity contribution in [3.63, 3.8) is 0 Å². The zero-order valence-electron chi connectivity index (χ0n) is 8.65. The molecule has 0 aromatic carbocycles. The molecule has 14 heavy (non-hydrogen) atoms. The van der Waals surface area contributed by atoms with Crippen LogP contribution in [0.5, 0.6) is 0 Å². The Morgan fingerprint density at radius 3 is 2.79 bits per heavy atom. The van der Waals surface area contributed by atoms with Crippen molar-refractivity contribution in [1.82, 2.24) is 14.5 Å². The molecule has 0 bridgehead atoms. The number of aryl methyl sites for hydroxylation is 1. The van der Waals surface area contributed by atoms with E-state index in [0.29, 0.717) is 11.7 Å². The van der Waals surface area contributed by atoms with E-state index in [1.165, 1.54) is 0 Å². The number of nitrogen functional groups attached to an aromatic ring is 1. The van der Waals surface area contributed by atoms with Gasteiger partial charge < -0.3 is 10.3 Å². The van der Waals surface area contributed by atoms with Crippen molar-refractivity contribution < 1.29 is 0 Å². The number of pyridine rings is 1. The number of rotatable bonds is 1. The second-order valence-corrected chi connectivity index (χ2v) is 3.81. The standard InChI is InChI=1S/C10H14N4/c1-6(2)9-10-7(4-8(11)13-9)12-5-14(10)3/h4-6H,1-3H3,(H2,11,13). The van der Waals surface area contributed by atoms with E-state index in [9.17, 15) is 0 Å². The van der Waals surface area contributed by atoms with Crippen molar-refractivity contribution in [2.24, 2.45) is 7.05 Å². The molecule has 2 aromatic rings. The lowest BCUT2D eigenvalue weighted by Crippen LogP contribution is -2.01. The number of hydrogen-bond acceptors (Lipinski definition) is 3. The second kappa shape index (κ2) is 2.97. The third-order valence-electron chi connectivity index (χ3n) is 2.29. The fourth-order valence-corrected chi connectivity index (χ4v) is 1.63. The van der Waals surface area contributed by atoms with Crippen LogP contribution >= 0.6 is 0 Å². The molecule has 0 aliphatic heterocycles. The summed E-state index contributed by atoms with van der Waals surface area (Å²) in [6.45, 7) is 4.21. The molecule has 0 amide bonds. The predicted molar refractivity (Wildman–Crippen MR) is 57.0 cm³/mol. The van der Waals surface area contributed by atoms with Crippen LogP contribution in [0.2, 0.25) is 0 Å². The molecule has 2 heterocycles. The van der Waals surface area contributed by atoms with Gasteiger partial charge in [0, 0.05) is 13.1 Å². The molecule has 0 aliphatic carbocycles. The van der Waals surface area contributed by atoms with E-state index in [2.05, 4.69) is 23.8 Å². The predicted octanol–water partition coefficient (Wildman–Crippen LogP) is 1.67. The van der Waals surface area contributed by atoms with Gasteiger partial charge >= 0.3 is 0 Å². The van der Waals surface area contributed by atoms with Gasteiger partial charge in [0.15, 0.2) is 0 Å². The molecular formula is C10H14N4. The monoisotopic (exact) mass is 190 g/mol. The first-order chi connectivity index (χ1) is 6.59. The summed E-state index contributed by atoms with van der Waals surface area (Å²) >= 11 is 0. The fourth-order valence-electron chi connectivity index (χ4n) is 1.63. The molecule has 0 radical (unpaired) electrons. The van der Waals surface area contributed by atoms with Gasteiger partial charge in [0.2, 0.25) is 0 Å². The summed E-state index contributed by atoms with van der Waals surface area (Å²) in [5.41, 5.74) is 8.72. The van der Waals surface area contributed by atoms with E-state index < -0.39 is 0 Å². The molecule has 4 nitrogen and oxygen atoms in total. The molecule has 0 aliphatic rings. The number of nitrogens with zero attached hydrogens (tertiary/aromatic N) is 3. The molecule has 74 valence electrons. The zero-order chi connectivity index (χ0) is 10.3. The molecule has 2 aromatic heterocycles. The van der Waals surface area contributed by atoms with Crippen LogP contribution in [0.1, 0.15) is 25.5 Å². The highest BCUT2D eigenvalue weighted by atomic mass is 15.0. The van der Waals surface area contributed by atoms with Crippen LogP contribution in [-0.4, -0.2) is 14.5 Å². The molecule has 0 atom stereocenters. The van der Waals surface area contributed by atoms with Crippen LogP contribution in [0, 0.1) is 0 Å². The van der Waals surface area contributed by atoms with E-state index in [1.807, 2.05) is 11.6 Å². The minimum Gasteiger partial charge on any atom is -0.384 e. The van der Waals surface area contributed by atoms with Gasteiger partial charge in [-0.15, -0.1) is 0 Å². The quantitative estimate of drug-likeness (QED) is 0.744. The first-order valence-electron chi connectivity index (χ1n) is 4.67. The molecule has 2 rings (SSSR count). The summed E-state index contributed by atoms with van der Waals surface area (Å²) in [6, 6.07) is 1.81. The fraction of sp³-hybridized carbons (Fsp3) is 0.400. The number of anilines is 1. The minimum atomic E-state index is 0.358. The Bertz CT molecular complexity index is 470. The smallest absolute Gasteiger partial charge is 0.125 e. The molecule has 0 unspecified atom stereocenters. The molecule has 0 saturated carbocycles. The number of hydrogen-bond donors (Lipinski definition) is 1. The number of nitrogens with two attached hydrogens (primary N) is 1. The highest BCUT2D eigenvalue weighted by Gasteiger charge is 2.11. The lowest BCUT2D eigenvalue weighted by molar-refractivity contribution is 0.819. The van der Waals surface area contributed by atoms with E-state index in [-0.39, 0.29) is 0 Å². The molecule has 2 N–H and O–H groups in total. The van der Waals surface area contributed by atoms with Crippen molar-refractivity contribution in [3.8, 4) is 0 Å². The van der Waals surface area contributed by atoms with Crippen LogP contribution < -0.4 is 5.73 Å². The Hall–Kier alpha value is -1.58. The summed E-state index contributed by atoms with van der Waals surface area (Å²) in [4.78, 5) is 8.62. The van der Waals surface area contributed by atoms with Gasteiger partial charge in [-0.3, -0.25) is 0 Å². The molecule has 0 fully saturated rings. The molecule has 0 saturated heterocycles. The summed E-state index contributed by atoms with van der Waals surface area (Å²) in [7, 11) is 1.97. The Morgan fingerprint density at radius 2 is 2.14 bits per heavy atom. The van der Waals surface area contributed by atoms with Crippen LogP contribution in [0.3, 0.4) is 0 Å². The van der Waals surface area contributed by atoms with Gasteiger partial charge in [-0.1, -0.05) is 13.8 Å². The van der Waals surface area contributed by atoms with Crippen molar-refractivity contribution in [1.29, 1.82) is 0 Å². The van der Waals surface area contributed by atoms with Gasteiger partial charge in [0.25, 0.3) is 0 Å². The van der Waals surface area contributed by atoms with Crippen LogP contribution in [0.25, 0.3) is 11.0 Å². The van der Waals surface area contributed by atoms with E-state index in [4.69, 9.17) is 5.73 Å². The minimum absolute atomic E-state index is 0.358. The molecular weight excluding hydrogens is 176 g/mol. The zero-order valence-corrected chi connectivity index (χ0v) is 8.65. The highest BCUT2D eigenvalue weighted by Crippen LogP contribution is 2.23. The first-order valence-corrected chi connectivity index (χ1v) is 4.67. The average Bonchev–Trinajstić information content (AvgIpc) is 2.46. The highest BCUT2D eigenvalue weighted by molar-refractivity contribution is 5.80. The Morgan fingerprint density at radius 1 is 1.43 bits per heavy atom. The summed E-state index contributed by atoms with van der Waals surface area (Å²) < 4.78 is 1.98. The van der Waals surface area contributed by atoms with Crippen molar-refractivity contribution >= 4 is 16.9 Å². The average molecular weight is 190 g/mol. The Kier molecular flexibility index (Phi) is 1.91. The van der Waals surface area contributed by atoms with Crippen LogP contribution in [0.15, 0.2) is 12.4 Å². The summed E-state index contributed by atoms with van der Waals surface area (Å²) in [6.07, 6.45) is 1.79. The van der Waals surface area contributed by atoms with Gasteiger partial charge in [0.1, 0.15) is 5.82 Å². The summed E-state index contributed by atoms with van der Waals surface area (Å²) in [5, 5.41) is 0. The maximum atomic E-state index is 5.71. The van der Waals surface area contributed by atoms with E-state index in [0.717, 1.165) is 16.7 Å². The number of imidazole rings is 1. The van der Waals surface area contributed by atoms with Crippen LogP contribution in [0.4, 0.5) is 5.82 Å². The van der Waals surface area contributed by atoms with Gasteiger partial charge in [-0.25, -0.2) is 9.97 Å². The van der Waals surface area contributed by atoms with Gasteiger partial charge in [-0.05, 0) is 5.92 Å². The summed E-state index contributed by atoms with van der Waals surface area (Å²) in [5.74, 6) is 0.899. The van der Waals surface area contributed by atoms with Gasteiger partial charge in [-0.2, -0.15) is 0 Å². The Labute approximate surface area is 82.8 Å².